The molecule has 0 spiro atoms. The SMILES string of the molecule is Cc1cncc(C(=O)c2ccc(F)cc2F)c1. The summed E-state index contributed by atoms with van der Waals surface area (Å²) in [5.41, 5.74) is 0.938. The predicted molar refractivity (Wildman–Crippen MR) is 58.8 cm³/mol. The molecule has 0 bridgehead atoms. The van der Waals surface area contributed by atoms with Crippen molar-refractivity contribution in [2.45, 2.75) is 6.92 Å². The maximum Gasteiger partial charge on any atom is 0.197 e. The number of benzene rings is 1. The van der Waals surface area contributed by atoms with Gasteiger partial charge in [0.25, 0.3) is 0 Å². The minimum Gasteiger partial charge on any atom is -0.288 e. The number of hydrogen-bond donors (Lipinski definition) is 0. The molecule has 0 radical (unpaired) electrons. The van der Waals surface area contributed by atoms with Crippen LogP contribution in [0.5, 0.6) is 0 Å². The van der Waals surface area contributed by atoms with Crippen molar-refractivity contribution in [1.82, 2.24) is 4.98 Å². The molecule has 2 aromatic rings. The summed E-state index contributed by atoms with van der Waals surface area (Å²) in [6.07, 6.45) is 2.95. The molecular formula is C13H9F2NO. The number of aromatic nitrogens is 1. The van der Waals surface area contributed by atoms with E-state index >= 15 is 0 Å². The average molecular weight is 233 g/mol. The Kier molecular flexibility index (Phi) is 2.95. The van der Waals surface area contributed by atoms with Gasteiger partial charge in [-0.15, -0.1) is 0 Å². The van der Waals surface area contributed by atoms with Crippen molar-refractivity contribution in [3.05, 3.63) is 65.0 Å². The van der Waals surface area contributed by atoms with Gasteiger partial charge < -0.3 is 0 Å². The van der Waals surface area contributed by atoms with Gasteiger partial charge in [0.2, 0.25) is 0 Å². The number of carbonyl (C=O) groups excluding carboxylic acids is 1. The first-order valence-corrected chi connectivity index (χ1v) is 4.99. The standard InChI is InChI=1S/C13H9F2NO/c1-8-4-9(7-16-6-8)13(17)11-3-2-10(14)5-12(11)15/h2-7H,1H3. The minimum absolute atomic E-state index is 0.154. The normalized spacial score (nSPS) is 10.3. The lowest BCUT2D eigenvalue weighted by atomic mass is 10.0. The van der Waals surface area contributed by atoms with Gasteiger partial charge in [-0.2, -0.15) is 0 Å². The lowest BCUT2D eigenvalue weighted by Gasteiger charge is -2.03. The van der Waals surface area contributed by atoms with Crippen LogP contribution in [-0.2, 0) is 0 Å². The molecule has 0 aliphatic heterocycles. The van der Waals surface area contributed by atoms with Gasteiger partial charge in [0, 0.05) is 24.0 Å². The molecule has 0 aliphatic rings. The quantitative estimate of drug-likeness (QED) is 0.746. The van der Waals surface area contributed by atoms with Gasteiger partial charge in [-0.1, -0.05) is 0 Å². The Morgan fingerprint density at radius 1 is 1.18 bits per heavy atom. The molecule has 0 saturated carbocycles. The number of rotatable bonds is 2. The second-order valence-electron chi connectivity index (χ2n) is 3.70. The highest BCUT2D eigenvalue weighted by atomic mass is 19.1. The second-order valence-corrected chi connectivity index (χ2v) is 3.70. The summed E-state index contributed by atoms with van der Waals surface area (Å²) >= 11 is 0. The van der Waals surface area contributed by atoms with Crippen molar-refractivity contribution in [3.63, 3.8) is 0 Å². The number of aryl methyl sites for hydroxylation is 1. The summed E-state index contributed by atoms with van der Waals surface area (Å²) < 4.78 is 26.1. The van der Waals surface area contributed by atoms with Gasteiger partial charge in [0.05, 0.1) is 5.56 Å². The number of hydrogen-bond acceptors (Lipinski definition) is 2. The Balaban J connectivity index is 2.44. The van der Waals surface area contributed by atoms with Crippen LogP contribution in [0.2, 0.25) is 0 Å². The monoisotopic (exact) mass is 233 g/mol. The predicted octanol–water partition coefficient (Wildman–Crippen LogP) is 2.90. The van der Waals surface area contributed by atoms with E-state index in [0.29, 0.717) is 6.07 Å². The highest BCUT2D eigenvalue weighted by molar-refractivity contribution is 6.09. The van der Waals surface area contributed by atoms with Crippen LogP contribution in [0.25, 0.3) is 0 Å². The van der Waals surface area contributed by atoms with E-state index < -0.39 is 17.4 Å². The fourth-order valence-electron chi connectivity index (χ4n) is 1.51. The molecule has 1 heterocycles. The summed E-state index contributed by atoms with van der Waals surface area (Å²) in [6, 6.07) is 4.49. The summed E-state index contributed by atoms with van der Waals surface area (Å²) in [6.45, 7) is 1.78. The molecule has 1 aromatic carbocycles. The van der Waals surface area contributed by atoms with Crippen molar-refractivity contribution in [2.24, 2.45) is 0 Å². The zero-order valence-electron chi connectivity index (χ0n) is 9.08. The third kappa shape index (κ3) is 2.36. The number of carbonyl (C=O) groups is 1. The smallest absolute Gasteiger partial charge is 0.197 e. The second kappa shape index (κ2) is 4.41. The fraction of sp³-hybridized carbons (Fsp3) is 0.0769. The van der Waals surface area contributed by atoms with E-state index in [1.165, 1.54) is 6.20 Å². The molecule has 4 heteroatoms. The molecular weight excluding hydrogens is 224 g/mol. The lowest BCUT2D eigenvalue weighted by molar-refractivity contribution is 0.103. The number of ketones is 1. The van der Waals surface area contributed by atoms with E-state index in [1.54, 1.807) is 19.2 Å². The van der Waals surface area contributed by atoms with E-state index in [-0.39, 0.29) is 11.1 Å². The van der Waals surface area contributed by atoms with Crippen LogP contribution in [0, 0.1) is 18.6 Å². The average Bonchev–Trinajstić information content (AvgIpc) is 2.28. The Morgan fingerprint density at radius 3 is 2.59 bits per heavy atom. The molecule has 0 aliphatic carbocycles. The number of halogens is 2. The molecule has 2 nitrogen and oxygen atoms in total. The van der Waals surface area contributed by atoms with Gasteiger partial charge in [-0.3, -0.25) is 9.78 Å². The maximum atomic E-state index is 13.4. The number of pyridine rings is 1. The van der Waals surface area contributed by atoms with Gasteiger partial charge >= 0.3 is 0 Å². The molecule has 0 fully saturated rings. The first kappa shape index (κ1) is 11.4. The van der Waals surface area contributed by atoms with Crippen LogP contribution in [0.4, 0.5) is 8.78 Å². The van der Waals surface area contributed by atoms with Gasteiger partial charge in [-0.05, 0) is 30.7 Å². The molecule has 0 N–H and O–H groups in total. The van der Waals surface area contributed by atoms with E-state index in [2.05, 4.69) is 4.98 Å². The van der Waals surface area contributed by atoms with Crippen molar-refractivity contribution in [3.8, 4) is 0 Å². The zero-order valence-corrected chi connectivity index (χ0v) is 9.08. The van der Waals surface area contributed by atoms with Crippen molar-refractivity contribution < 1.29 is 13.6 Å². The van der Waals surface area contributed by atoms with Gasteiger partial charge in [0.1, 0.15) is 11.6 Å². The third-order valence-electron chi connectivity index (χ3n) is 2.31. The molecule has 1 aromatic heterocycles. The lowest BCUT2D eigenvalue weighted by Crippen LogP contribution is -2.05. The topological polar surface area (TPSA) is 30.0 Å². The van der Waals surface area contributed by atoms with E-state index in [0.717, 1.165) is 17.7 Å². The van der Waals surface area contributed by atoms with E-state index in [4.69, 9.17) is 0 Å². The summed E-state index contributed by atoms with van der Waals surface area (Å²) in [5.74, 6) is -2.07. The van der Waals surface area contributed by atoms with Crippen LogP contribution < -0.4 is 0 Å². The molecule has 0 atom stereocenters. The third-order valence-corrected chi connectivity index (χ3v) is 2.31. The molecule has 0 amide bonds. The van der Waals surface area contributed by atoms with Gasteiger partial charge in [-0.25, -0.2) is 8.78 Å². The van der Waals surface area contributed by atoms with Gasteiger partial charge in [0.15, 0.2) is 5.78 Å². The highest BCUT2D eigenvalue weighted by Crippen LogP contribution is 2.15. The molecule has 0 saturated heterocycles. The van der Waals surface area contributed by atoms with Crippen LogP contribution in [0.3, 0.4) is 0 Å². The highest BCUT2D eigenvalue weighted by Gasteiger charge is 2.14. The first-order chi connectivity index (χ1) is 8.08. The first-order valence-electron chi connectivity index (χ1n) is 4.99. The summed E-state index contributed by atoms with van der Waals surface area (Å²) in [5, 5.41) is 0. The largest absolute Gasteiger partial charge is 0.288 e. The van der Waals surface area contributed by atoms with Crippen molar-refractivity contribution in [1.29, 1.82) is 0 Å². The van der Waals surface area contributed by atoms with Crippen LogP contribution in [-0.4, -0.2) is 10.8 Å². The Morgan fingerprint density at radius 2 is 1.94 bits per heavy atom. The molecule has 17 heavy (non-hydrogen) atoms. The van der Waals surface area contributed by atoms with Crippen molar-refractivity contribution >= 4 is 5.78 Å². The van der Waals surface area contributed by atoms with Crippen molar-refractivity contribution in [2.75, 3.05) is 0 Å². The van der Waals surface area contributed by atoms with E-state index in [1.807, 2.05) is 0 Å². The molecule has 86 valence electrons. The van der Waals surface area contributed by atoms with Crippen LogP contribution in [0.15, 0.2) is 36.7 Å². The molecule has 2 rings (SSSR count). The Bertz CT molecular complexity index is 581. The minimum atomic E-state index is -0.864. The van der Waals surface area contributed by atoms with E-state index in [9.17, 15) is 13.6 Å². The fourth-order valence-corrected chi connectivity index (χ4v) is 1.51. The Labute approximate surface area is 96.9 Å². The Hall–Kier alpha value is -2.10. The van der Waals surface area contributed by atoms with Crippen LogP contribution in [0.1, 0.15) is 21.5 Å². The molecule has 0 unspecified atom stereocenters. The maximum absolute atomic E-state index is 13.4. The summed E-state index contributed by atoms with van der Waals surface area (Å²) in [7, 11) is 0. The summed E-state index contributed by atoms with van der Waals surface area (Å²) in [4.78, 5) is 15.8. The number of nitrogens with zero attached hydrogens (tertiary/aromatic N) is 1. The zero-order chi connectivity index (χ0) is 12.4. The van der Waals surface area contributed by atoms with Crippen LogP contribution >= 0.6 is 0 Å².